The second kappa shape index (κ2) is 7.40. The van der Waals surface area contributed by atoms with Crippen LogP contribution >= 0.6 is 0 Å². The smallest absolute Gasteiger partial charge is 0.338 e. The van der Waals surface area contributed by atoms with Gasteiger partial charge in [0, 0.05) is 12.4 Å². The predicted molar refractivity (Wildman–Crippen MR) is 103 cm³/mol. The Labute approximate surface area is 161 Å². The van der Waals surface area contributed by atoms with E-state index >= 15 is 0 Å². The van der Waals surface area contributed by atoms with Crippen molar-refractivity contribution >= 4 is 21.7 Å². The molecule has 0 atom stereocenters. The Morgan fingerprint density at radius 3 is 2.32 bits per heavy atom. The number of benzene rings is 2. The number of carboxylic acid groups (broad SMARTS) is 1. The first-order valence-corrected chi connectivity index (χ1v) is 9.74. The quantitative estimate of drug-likeness (QED) is 0.675. The van der Waals surface area contributed by atoms with Crippen LogP contribution in [0.3, 0.4) is 0 Å². The molecule has 6 nitrogen and oxygen atoms in total. The molecule has 0 aliphatic rings. The minimum atomic E-state index is -4.12. The number of pyridine rings is 1. The van der Waals surface area contributed by atoms with E-state index in [0.29, 0.717) is 11.3 Å². The molecule has 3 rings (SSSR count). The average molecular weight is 400 g/mol. The largest absolute Gasteiger partial charge is 0.478 e. The number of anilines is 1. The number of halogens is 1. The summed E-state index contributed by atoms with van der Waals surface area (Å²) in [4.78, 5) is 14.8. The standard InChI is InChI=1S/C20H17FN2O4S/c1-12-3-4-15(14-5-7-22-8-6-14)10-18(12)23-28(26,27)16-9-13(2)19(21)17(11-16)20(24)25/h3-11,23H,1-2H3,(H,24,25). The Balaban J connectivity index is 2.03. The maximum Gasteiger partial charge on any atom is 0.338 e. The van der Waals surface area contributed by atoms with Gasteiger partial charge in [0.25, 0.3) is 10.0 Å². The minimum absolute atomic E-state index is 0.0671. The van der Waals surface area contributed by atoms with E-state index in [1.807, 2.05) is 6.07 Å². The molecule has 28 heavy (non-hydrogen) atoms. The van der Waals surface area contributed by atoms with Crippen molar-refractivity contribution in [3.8, 4) is 11.1 Å². The highest BCUT2D eigenvalue weighted by Gasteiger charge is 2.22. The van der Waals surface area contributed by atoms with Gasteiger partial charge < -0.3 is 5.11 Å². The Hall–Kier alpha value is -3.26. The van der Waals surface area contributed by atoms with E-state index in [9.17, 15) is 17.6 Å². The molecule has 8 heteroatoms. The third kappa shape index (κ3) is 3.86. The minimum Gasteiger partial charge on any atom is -0.478 e. The van der Waals surface area contributed by atoms with Crippen LogP contribution in [0.15, 0.2) is 59.8 Å². The van der Waals surface area contributed by atoms with Crippen LogP contribution in [0.5, 0.6) is 0 Å². The molecule has 1 aromatic heterocycles. The number of aryl methyl sites for hydroxylation is 2. The zero-order valence-corrected chi connectivity index (χ0v) is 15.9. The van der Waals surface area contributed by atoms with Crippen molar-refractivity contribution in [3.05, 3.63) is 77.4 Å². The van der Waals surface area contributed by atoms with E-state index in [1.165, 1.54) is 6.92 Å². The van der Waals surface area contributed by atoms with Crippen LogP contribution in [0.2, 0.25) is 0 Å². The van der Waals surface area contributed by atoms with Crippen molar-refractivity contribution in [2.75, 3.05) is 4.72 Å². The normalized spacial score (nSPS) is 11.2. The van der Waals surface area contributed by atoms with Crippen LogP contribution in [-0.4, -0.2) is 24.5 Å². The second-order valence-electron chi connectivity index (χ2n) is 6.28. The summed E-state index contributed by atoms with van der Waals surface area (Å²) in [5.41, 5.74) is 1.91. The molecule has 0 radical (unpaired) electrons. The van der Waals surface area contributed by atoms with Crippen LogP contribution in [0, 0.1) is 19.7 Å². The first-order chi connectivity index (χ1) is 13.2. The Bertz CT molecular complexity index is 1160. The first kappa shape index (κ1) is 19.5. The lowest BCUT2D eigenvalue weighted by Gasteiger charge is -2.14. The van der Waals surface area contributed by atoms with Crippen molar-refractivity contribution in [1.82, 2.24) is 4.98 Å². The number of sulfonamides is 1. The number of aromatic nitrogens is 1. The molecule has 0 aliphatic carbocycles. The number of rotatable bonds is 5. The SMILES string of the molecule is Cc1ccc(-c2ccncc2)cc1NS(=O)(=O)c1cc(C)c(F)c(C(=O)O)c1. The molecule has 0 aliphatic heterocycles. The molecular weight excluding hydrogens is 383 g/mol. The Morgan fingerprint density at radius 2 is 1.68 bits per heavy atom. The van der Waals surface area contributed by atoms with Gasteiger partial charge in [-0.2, -0.15) is 0 Å². The van der Waals surface area contributed by atoms with E-state index in [1.54, 1.807) is 43.6 Å². The summed E-state index contributed by atoms with van der Waals surface area (Å²) in [6.07, 6.45) is 3.27. The van der Waals surface area contributed by atoms with Crippen molar-refractivity contribution in [3.63, 3.8) is 0 Å². The van der Waals surface area contributed by atoms with Gasteiger partial charge in [0.1, 0.15) is 5.82 Å². The van der Waals surface area contributed by atoms with Gasteiger partial charge in [0.2, 0.25) is 0 Å². The fourth-order valence-corrected chi connectivity index (χ4v) is 3.94. The molecule has 0 spiro atoms. The molecule has 2 aromatic carbocycles. The highest BCUT2D eigenvalue weighted by molar-refractivity contribution is 7.92. The number of hydrogen-bond acceptors (Lipinski definition) is 4. The van der Waals surface area contributed by atoms with E-state index in [2.05, 4.69) is 9.71 Å². The van der Waals surface area contributed by atoms with Crippen molar-refractivity contribution < 1.29 is 22.7 Å². The molecule has 0 saturated heterocycles. The number of aromatic carboxylic acids is 1. The van der Waals surface area contributed by atoms with E-state index in [4.69, 9.17) is 5.11 Å². The lowest BCUT2D eigenvalue weighted by Crippen LogP contribution is -2.16. The summed E-state index contributed by atoms with van der Waals surface area (Å²) >= 11 is 0. The monoisotopic (exact) mass is 400 g/mol. The number of carbonyl (C=O) groups is 1. The predicted octanol–water partition coefficient (Wildman–Crippen LogP) is 4.00. The van der Waals surface area contributed by atoms with Crippen LogP contribution < -0.4 is 4.72 Å². The zero-order valence-electron chi connectivity index (χ0n) is 15.1. The maximum atomic E-state index is 14.0. The highest BCUT2D eigenvalue weighted by atomic mass is 32.2. The summed E-state index contributed by atoms with van der Waals surface area (Å²) in [6.45, 7) is 3.06. The Morgan fingerprint density at radius 1 is 1.00 bits per heavy atom. The molecular formula is C20H17FN2O4S. The summed E-state index contributed by atoms with van der Waals surface area (Å²) in [6, 6.07) is 10.8. The van der Waals surface area contributed by atoms with Crippen LogP contribution in [-0.2, 0) is 10.0 Å². The maximum absolute atomic E-state index is 14.0. The van der Waals surface area contributed by atoms with Gasteiger partial charge in [0.05, 0.1) is 16.1 Å². The van der Waals surface area contributed by atoms with Crippen molar-refractivity contribution in [2.45, 2.75) is 18.7 Å². The van der Waals surface area contributed by atoms with Gasteiger partial charge in [-0.3, -0.25) is 9.71 Å². The van der Waals surface area contributed by atoms with Crippen molar-refractivity contribution in [2.24, 2.45) is 0 Å². The third-order valence-corrected chi connectivity index (χ3v) is 5.61. The van der Waals surface area contributed by atoms with Crippen LogP contribution in [0.4, 0.5) is 10.1 Å². The molecule has 144 valence electrons. The fourth-order valence-electron chi connectivity index (χ4n) is 2.71. The summed E-state index contributed by atoms with van der Waals surface area (Å²) in [5, 5.41) is 9.12. The molecule has 3 aromatic rings. The molecule has 2 N–H and O–H groups in total. The fraction of sp³-hybridized carbons (Fsp3) is 0.100. The summed E-state index contributed by atoms with van der Waals surface area (Å²) in [5.74, 6) is -2.49. The van der Waals surface area contributed by atoms with E-state index < -0.39 is 27.4 Å². The topological polar surface area (TPSA) is 96.4 Å². The zero-order chi connectivity index (χ0) is 20.5. The van der Waals surface area contributed by atoms with Crippen LogP contribution in [0.1, 0.15) is 21.5 Å². The van der Waals surface area contributed by atoms with Gasteiger partial charge in [-0.25, -0.2) is 17.6 Å². The summed E-state index contributed by atoms with van der Waals surface area (Å²) in [7, 11) is -4.12. The number of hydrogen-bond donors (Lipinski definition) is 2. The average Bonchev–Trinajstić information content (AvgIpc) is 2.65. The lowest BCUT2D eigenvalue weighted by atomic mass is 10.0. The summed E-state index contributed by atoms with van der Waals surface area (Å²) < 4.78 is 42.0. The first-order valence-electron chi connectivity index (χ1n) is 8.26. The Kier molecular flexibility index (Phi) is 5.15. The number of nitrogens with one attached hydrogen (secondary N) is 1. The lowest BCUT2D eigenvalue weighted by molar-refractivity contribution is 0.0691. The number of carboxylic acids is 1. The van der Waals surface area contributed by atoms with Crippen molar-refractivity contribution in [1.29, 1.82) is 0 Å². The molecule has 0 unspecified atom stereocenters. The second-order valence-corrected chi connectivity index (χ2v) is 7.96. The van der Waals surface area contributed by atoms with Gasteiger partial charge >= 0.3 is 5.97 Å². The third-order valence-electron chi connectivity index (χ3n) is 4.26. The van der Waals surface area contributed by atoms with Crippen LogP contribution in [0.25, 0.3) is 11.1 Å². The van der Waals surface area contributed by atoms with Gasteiger partial charge in [-0.15, -0.1) is 0 Å². The molecule has 0 amide bonds. The van der Waals surface area contributed by atoms with E-state index in [0.717, 1.165) is 23.3 Å². The molecule has 0 fully saturated rings. The molecule has 0 bridgehead atoms. The van der Waals surface area contributed by atoms with E-state index in [-0.39, 0.29) is 10.5 Å². The molecule has 0 saturated carbocycles. The number of nitrogens with zero attached hydrogens (tertiary/aromatic N) is 1. The highest BCUT2D eigenvalue weighted by Crippen LogP contribution is 2.28. The van der Waals surface area contributed by atoms with Gasteiger partial charge in [-0.05, 0) is 66.4 Å². The van der Waals surface area contributed by atoms with Gasteiger partial charge in [0.15, 0.2) is 0 Å². The van der Waals surface area contributed by atoms with Gasteiger partial charge in [-0.1, -0.05) is 12.1 Å². The molecule has 1 heterocycles.